The van der Waals surface area contributed by atoms with Crippen molar-refractivity contribution in [3.8, 4) is 17.2 Å². The van der Waals surface area contributed by atoms with Gasteiger partial charge < -0.3 is 23.8 Å². The van der Waals surface area contributed by atoms with Crippen molar-refractivity contribution in [2.45, 2.75) is 38.3 Å². The van der Waals surface area contributed by atoms with Crippen LogP contribution in [0.2, 0.25) is 0 Å². The van der Waals surface area contributed by atoms with Gasteiger partial charge in [0.2, 0.25) is 5.91 Å². The number of benzene rings is 2. The fraction of sp³-hybridized carbons (Fsp3) is 0.385. The highest BCUT2D eigenvalue weighted by molar-refractivity contribution is 6.23. The molecule has 10 nitrogen and oxygen atoms in total. The van der Waals surface area contributed by atoms with Crippen LogP contribution in [0.15, 0.2) is 42.5 Å². The van der Waals surface area contributed by atoms with E-state index in [9.17, 15) is 19.2 Å². The van der Waals surface area contributed by atoms with Crippen LogP contribution < -0.4 is 19.1 Å². The largest absolute Gasteiger partial charge is 0.493 e. The van der Waals surface area contributed by atoms with E-state index >= 15 is 0 Å². The van der Waals surface area contributed by atoms with E-state index in [0.717, 1.165) is 17.7 Å². The van der Waals surface area contributed by atoms with Gasteiger partial charge in [-0.1, -0.05) is 0 Å². The first kappa shape index (κ1) is 25.2. The first-order valence-electron chi connectivity index (χ1n) is 11.6. The molecule has 190 valence electrons. The van der Waals surface area contributed by atoms with Gasteiger partial charge in [-0.05, 0) is 55.3 Å². The Morgan fingerprint density at radius 2 is 1.78 bits per heavy atom. The molecular formula is C26H28N2O8. The summed E-state index contributed by atoms with van der Waals surface area (Å²) < 4.78 is 21.4. The van der Waals surface area contributed by atoms with Crippen molar-refractivity contribution in [1.82, 2.24) is 4.90 Å². The van der Waals surface area contributed by atoms with E-state index in [0.29, 0.717) is 35.1 Å². The van der Waals surface area contributed by atoms with Gasteiger partial charge in [0.05, 0.1) is 32.4 Å². The van der Waals surface area contributed by atoms with Crippen LogP contribution in [0.5, 0.6) is 17.2 Å². The van der Waals surface area contributed by atoms with Crippen molar-refractivity contribution in [3.05, 3.63) is 48.0 Å². The Hall–Kier alpha value is -3.92. The fourth-order valence-electron chi connectivity index (χ4n) is 4.45. The van der Waals surface area contributed by atoms with Crippen LogP contribution in [0, 0.1) is 0 Å². The summed E-state index contributed by atoms with van der Waals surface area (Å²) >= 11 is 0. The zero-order valence-electron chi connectivity index (χ0n) is 20.4. The number of ether oxygens (including phenoxy) is 4. The molecule has 0 saturated carbocycles. The van der Waals surface area contributed by atoms with Crippen molar-refractivity contribution < 1.29 is 38.1 Å². The molecule has 10 heteroatoms. The molecule has 0 aromatic heterocycles. The number of nitrogens with zero attached hydrogens (tertiary/aromatic N) is 2. The Morgan fingerprint density at radius 1 is 1.06 bits per heavy atom. The number of hydrogen-bond donors (Lipinski definition) is 0. The lowest BCUT2D eigenvalue weighted by molar-refractivity contribution is -0.132. The number of amides is 3. The maximum Gasteiger partial charge on any atom is 0.308 e. The van der Waals surface area contributed by atoms with E-state index in [-0.39, 0.29) is 19.1 Å². The molecule has 4 rings (SSSR count). The lowest BCUT2D eigenvalue weighted by Crippen LogP contribution is -2.48. The summed E-state index contributed by atoms with van der Waals surface area (Å²) in [5.41, 5.74) is 0.633. The van der Waals surface area contributed by atoms with Crippen molar-refractivity contribution >= 4 is 29.4 Å². The van der Waals surface area contributed by atoms with Crippen molar-refractivity contribution in [1.29, 1.82) is 0 Å². The normalized spacial score (nSPS) is 19.4. The first-order valence-corrected chi connectivity index (χ1v) is 11.6. The highest BCUT2D eigenvalue weighted by atomic mass is 16.5. The van der Waals surface area contributed by atoms with Crippen molar-refractivity contribution in [2.24, 2.45) is 0 Å². The minimum Gasteiger partial charge on any atom is -0.493 e. The lowest BCUT2D eigenvalue weighted by Gasteiger charge is -2.30. The van der Waals surface area contributed by atoms with Crippen LogP contribution in [0.4, 0.5) is 5.69 Å². The highest BCUT2D eigenvalue weighted by Crippen LogP contribution is 2.32. The molecule has 2 atom stereocenters. The second kappa shape index (κ2) is 10.8. The minimum atomic E-state index is -0.990. The van der Waals surface area contributed by atoms with Crippen molar-refractivity contribution in [2.75, 3.05) is 32.3 Å². The summed E-state index contributed by atoms with van der Waals surface area (Å²) in [6.45, 7) is 2.04. The van der Waals surface area contributed by atoms with Crippen LogP contribution in [-0.2, 0) is 19.1 Å². The van der Waals surface area contributed by atoms with E-state index in [4.69, 9.17) is 18.9 Å². The smallest absolute Gasteiger partial charge is 0.308 e. The second-order valence-electron chi connectivity index (χ2n) is 8.54. The van der Waals surface area contributed by atoms with Crippen molar-refractivity contribution in [3.63, 3.8) is 0 Å². The zero-order chi connectivity index (χ0) is 25.8. The van der Waals surface area contributed by atoms with Crippen LogP contribution in [0.3, 0.4) is 0 Å². The number of anilines is 1. The van der Waals surface area contributed by atoms with Gasteiger partial charge in [0.15, 0.2) is 11.5 Å². The average Bonchev–Trinajstić information content (AvgIpc) is 3.49. The molecule has 2 saturated heterocycles. The average molecular weight is 497 g/mol. The van der Waals surface area contributed by atoms with Crippen LogP contribution in [0.1, 0.15) is 36.5 Å². The summed E-state index contributed by atoms with van der Waals surface area (Å²) in [6, 6.07) is 9.83. The number of hydrogen-bond acceptors (Lipinski definition) is 8. The van der Waals surface area contributed by atoms with Gasteiger partial charge >= 0.3 is 5.97 Å². The van der Waals surface area contributed by atoms with Gasteiger partial charge in [-0.3, -0.25) is 19.2 Å². The van der Waals surface area contributed by atoms with E-state index < -0.39 is 29.7 Å². The second-order valence-corrected chi connectivity index (χ2v) is 8.54. The number of imide groups is 1. The van der Waals surface area contributed by atoms with Gasteiger partial charge in [-0.2, -0.15) is 0 Å². The molecule has 2 fully saturated rings. The molecule has 2 aliphatic heterocycles. The Morgan fingerprint density at radius 3 is 2.39 bits per heavy atom. The summed E-state index contributed by atoms with van der Waals surface area (Å²) in [4.78, 5) is 53.8. The summed E-state index contributed by atoms with van der Waals surface area (Å²) in [6.07, 6.45) is 1.23. The third-order valence-corrected chi connectivity index (χ3v) is 6.17. The third kappa shape index (κ3) is 5.18. The van der Waals surface area contributed by atoms with Gasteiger partial charge in [-0.15, -0.1) is 0 Å². The Balaban J connectivity index is 1.62. The van der Waals surface area contributed by atoms with Crippen LogP contribution in [-0.4, -0.2) is 68.1 Å². The molecule has 2 heterocycles. The molecule has 3 amide bonds. The predicted molar refractivity (Wildman–Crippen MR) is 128 cm³/mol. The van der Waals surface area contributed by atoms with E-state index in [1.54, 1.807) is 18.2 Å². The molecule has 0 bridgehead atoms. The van der Waals surface area contributed by atoms with Crippen LogP contribution >= 0.6 is 0 Å². The lowest BCUT2D eigenvalue weighted by atomic mass is 10.1. The summed E-state index contributed by atoms with van der Waals surface area (Å²) in [5, 5.41) is 0. The quantitative estimate of drug-likeness (QED) is 0.312. The summed E-state index contributed by atoms with van der Waals surface area (Å²) in [7, 11) is 2.97. The molecule has 2 unspecified atom stereocenters. The molecule has 0 N–H and O–H groups in total. The molecule has 2 aromatic rings. The molecular weight excluding hydrogens is 468 g/mol. The number of rotatable bonds is 8. The highest BCUT2D eigenvalue weighted by Gasteiger charge is 2.45. The standard InChI is InChI=1S/C26H28N2O8/c1-16(29)36-19-9-7-18(8-10-19)28-24(30)14-21(26(28)32)27(15-20-5-4-12-35-20)25(31)17-6-11-22(33-2)23(13-17)34-3/h6-11,13,20-21H,4-5,12,14-15H2,1-3H3. The number of carbonyl (C=O) groups excluding carboxylic acids is 4. The number of carbonyl (C=O) groups is 4. The third-order valence-electron chi connectivity index (χ3n) is 6.17. The Kier molecular flexibility index (Phi) is 7.54. The SMILES string of the molecule is COc1ccc(C(=O)N(CC2CCCO2)C2CC(=O)N(c3ccc(OC(C)=O)cc3)C2=O)cc1OC. The topological polar surface area (TPSA) is 112 Å². The number of esters is 1. The van der Waals surface area contributed by atoms with E-state index in [2.05, 4.69) is 0 Å². The van der Waals surface area contributed by atoms with E-state index in [1.165, 1.54) is 50.3 Å². The molecule has 2 aromatic carbocycles. The molecule has 2 aliphatic rings. The molecule has 0 aliphatic carbocycles. The van der Waals surface area contributed by atoms with Gasteiger partial charge in [0, 0.05) is 25.6 Å². The molecule has 36 heavy (non-hydrogen) atoms. The molecule has 0 radical (unpaired) electrons. The maximum absolute atomic E-state index is 13.7. The van der Waals surface area contributed by atoms with Crippen LogP contribution in [0.25, 0.3) is 0 Å². The summed E-state index contributed by atoms with van der Waals surface area (Å²) in [5.74, 6) is -0.682. The van der Waals surface area contributed by atoms with E-state index in [1.807, 2.05) is 0 Å². The maximum atomic E-state index is 13.7. The minimum absolute atomic E-state index is 0.156. The molecule has 0 spiro atoms. The zero-order valence-corrected chi connectivity index (χ0v) is 20.4. The fourth-order valence-corrected chi connectivity index (χ4v) is 4.45. The Labute approximate surface area is 208 Å². The first-order chi connectivity index (χ1) is 17.3. The van der Waals surface area contributed by atoms with Gasteiger partial charge in [-0.25, -0.2) is 4.90 Å². The number of methoxy groups -OCH3 is 2. The Bertz CT molecular complexity index is 1160. The predicted octanol–water partition coefficient (Wildman–Crippen LogP) is 2.58. The van der Waals surface area contributed by atoms with Gasteiger partial charge in [0.25, 0.3) is 11.8 Å². The monoisotopic (exact) mass is 496 g/mol. The van der Waals surface area contributed by atoms with Gasteiger partial charge in [0.1, 0.15) is 11.8 Å².